The number of halogens is 1. The minimum Gasteiger partial charge on any atom is -0.493 e. The molecule has 5 nitrogen and oxygen atoms in total. The lowest BCUT2D eigenvalue weighted by atomic mass is 10.3. The molecule has 1 saturated carbocycles. The fourth-order valence-electron chi connectivity index (χ4n) is 1.98. The standard InChI is InChI=1S/C15H18FNO4/c16-12-3-5-13(6-4-12)21-8-7-14(18)17(10-15(19)20)9-11-1-2-11/h3-6,11H,1-2,7-10H2,(H,19,20). The molecule has 0 atom stereocenters. The largest absolute Gasteiger partial charge is 0.493 e. The number of carbonyl (C=O) groups excluding carboxylic acids is 1. The van der Waals surface area contributed by atoms with Crippen LogP contribution < -0.4 is 4.74 Å². The zero-order valence-corrected chi connectivity index (χ0v) is 11.6. The third kappa shape index (κ3) is 5.41. The Bertz CT molecular complexity index is 499. The van der Waals surface area contributed by atoms with Crippen molar-refractivity contribution in [1.29, 1.82) is 0 Å². The second-order valence-electron chi connectivity index (χ2n) is 5.16. The molecular formula is C15H18FNO4. The molecule has 1 amide bonds. The minimum atomic E-state index is -1.01. The fourth-order valence-corrected chi connectivity index (χ4v) is 1.98. The van der Waals surface area contributed by atoms with Crippen LogP contribution in [-0.2, 0) is 9.59 Å². The van der Waals surface area contributed by atoms with Gasteiger partial charge in [0, 0.05) is 6.54 Å². The highest BCUT2D eigenvalue weighted by molar-refractivity contribution is 5.81. The quantitative estimate of drug-likeness (QED) is 0.795. The van der Waals surface area contributed by atoms with Gasteiger partial charge in [0.2, 0.25) is 5.91 Å². The Morgan fingerprint density at radius 3 is 2.52 bits per heavy atom. The first-order valence-electron chi connectivity index (χ1n) is 6.92. The van der Waals surface area contributed by atoms with Crippen molar-refractivity contribution < 1.29 is 23.8 Å². The van der Waals surface area contributed by atoms with Gasteiger partial charge < -0.3 is 14.7 Å². The SMILES string of the molecule is O=C(O)CN(CC1CC1)C(=O)CCOc1ccc(F)cc1. The zero-order valence-electron chi connectivity index (χ0n) is 11.6. The topological polar surface area (TPSA) is 66.8 Å². The van der Waals surface area contributed by atoms with Gasteiger partial charge in [0.15, 0.2) is 0 Å². The number of amides is 1. The van der Waals surface area contributed by atoms with Crippen LogP contribution in [0.4, 0.5) is 4.39 Å². The normalized spacial score (nSPS) is 13.8. The molecule has 1 aliphatic rings. The summed E-state index contributed by atoms with van der Waals surface area (Å²) in [6, 6.07) is 5.53. The second kappa shape index (κ2) is 7.06. The van der Waals surface area contributed by atoms with E-state index in [0.717, 1.165) is 12.8 Å². The van der Waals surface area contributed by atoms with E-state index in [1.165, 1.54) is 29.2 Å². The molecule has 1 aliphatic carbocycles. The van der Waals surface area contributed by atoms with E-state index >= 15 is 0 Å². The van der Waals surface area contributed by atoms with E-state index < -0.39 is 5.97 Å². The molecule has 0 unspecified atom stereocenters. The summed E-state index contributed by atoms with van der Waals surface area (Å²) in [5.41, 5.74) is 0. The predicted octanol–water partition coefficient (Wildman–Crippen LogP) is 1.92. The van der Waals surface area contributed by atoms with Crippen LogP contribution in [0.1, 0.15) is 19.3 Å². The molecule has 21 heavy (non-hydrogen) atoms. The van der Waals surface area contributed by atoms with Gasteiger partial charge in [-0.25, -0.2) is 4.39 Å². The van der Waals surface area contributed by atoms with E-state index in [2.05, 4.69) is 0 Å². The first kappa shape index (κ1) is 15.3. The van der Waals surface area contributed by atoms with Gasteiger partial charge in [-0.15, -0.1) is 0 Å². The highest BCUT2D eigenvalue weighted by Crippen LogP contribution is 2.29. The molecule has 114 valence electrons. The smallest absolute Gasteiger partial charge is 0.323 e. The lowest BCUT2D eigenvalue weighted by molar-refractivity contribution is -0.144. The molecule has 1 aromatic carbocycles. The van der Waals surface area contributed by atoms with E-state index in [0.29, 0.717) is 18.2 Å². The highest BCUT2D eigenvalue weighted by atomic mass is 19.1. The zero-order chi connectivity index (χ0) is 15.2. The number of carboxylic acid groups (broad SMARTS) is 1. The summed E-state index contributed by atoms with van der Waals surface area (Å²) in [5.74, 6) is -0.673. The number of hydrogen-bond acceptors (Lipinski definition) is 3. The number of nitrogens with zero attached hydrogens (tertiary/aromatic N) is 1. The number of ether oxygens (including phenoxy) is 1. The van der Waals surface area contributed by atoms with Crippen LogP contribution in [0.5, 0.6) is 5.75 Å². The summed E-state index contributed by atoms with van der Waals surface area (Å²) in [4.78, 5) is 24.2. The first-order valence-corrected chi connectivity index (χ1v) is 6.92. The van der Waals surface area contributed by atoms with Crippen LogP contribution in [0, 0.1) is 11.7 Å². The second-order valence-corrected chi connectivity index (χ2v) is 5.16. The maximum Gasteiger partial charge on any atom is 0.323 e. The average molecular weight is 295 g/mol. The Morgan fingerprint density at radius 2 is 1.95 bits per heavy atom. The van der Waals surface area contributed by atoms with Crippen molar-refractivity contribution in [3.8, 4) is 5.75 Å². The van der Waals surface area contributed by atoms with Gasteiger partial charge in [-0.2, -0.15) is 0 Å². The summed E-state index contributed by atoms with van der Waals surface area (Å²) < 4.78 is 18.1. The number of aliphatic carboxylic acids is 1. The van der Waals surface area contributed by atoms with E-state index in [1.807, 2.05) is 0 Å². The van der Waals surface area contributed by atoms with Gasteiger partial charge in [0.05, 0.1) is 13.0 Å². The van der Waals surface area contributed by atoms with Crippen molar-refractivity contribution in [3.63, 3.8) is 0 Å². The van der Waals surface area contributed by atoms with Crippen LogP contribution in [-0.4, -0.2) is 41.6 Å². The van der Waals surface area contributed by atoms with Crippen molar-refractivity contribution in [2.24, 2.45) is 5.92 Å². The van der Waals surface area contributed by atoms with Gasteiger partial charge in [-0.3, -0.25) is 9.59 Å². The minimum absolute atomic E-state index is 0.109. The maximum atomic E-state index is 12.7. The summed E-state index contributed by atoms with van der Waals surface area (Å²) in [7, 11) is 0. The van der Waals surface area contributed by atoms with Crippen molar-refractivity contribution in [2.45, 2.75) is 19.3 Å². The number of rotatable bonds is 8. The summed E-state index contributed by atoms with van der Waals surface area (Å²) >= 11 is 0. The van der Waals surface area contributed by atoms with Crippen LogP contribution in [0.25, 0.3) is 0 Å². The van der Waals surface area contributed by atoms with Crippen molar-refractivity contribution >= 4 is 11.9 Å². The molecule has 0 heterocycles. The average Bonchev–Trinajstić information content (AvgIpc) is 3.23. The Morgan fingerprint density at radius 1 is 1.29 bits per heavy atom. The number of hydrogen-bond donors (Lipinski definition) is 1. The van der Waals surface area contributed by atoms with Gasteiger partial charge in [0.1, 0.15) is 18.1 Å². The molecule has 2 rings (SSSR count). The Kier molecular flexibility index (Phi) is 5.14. The predicted molar refractivity (Wildman–Crippen MR) is 73.5 cm³/mol. The van der Waals surface area contributed by atoms with Crippen molar-refractivity contribution in [2.75, 3.05) is 19.7 Å². The van der Waals surface area contributed by atoms with Crippen molar-refractivity contribution in [1.82, 2.24) is 4.90 Å². The van der Waals surface area contributed by atoms with E-state index in [1.54, 1.807) is 0 Å². The first-order chi connectivity index (χ1) is 10.0. The van der Waals surface area contributed by atoms with Crippen LogP contribution in [0.3, 0.4) is 0 Å². The van der Waals surface area contributed by atoms with Gasteiger partial charge in [-0.1, -0.05) is 0 Å². The molecule has 0 aliphatic heterocycles. The lowest BCUT2D eigenvalue weighted by Crippen LogP contribution is -2.37. The molecule has 0 bridgehead atoms. The van der Waals surface area contributed by atoms with Gasteiger partial charge >= 0.3 is 5.97 Å². The van der Waals surface area contributed by atoms with E-state index in [4.69, 9.17) is 9.84 Å². The maximum absolute atomic E-state index is 12.7. The molecule has 1 aromatic rings. The summed E-state index contributed by atoms with van der Waals surface area (Å²) in [6.07, 6.45) is 2.21. The van der Waals surface area contributed by atoms with Crippen LogP contribution in [0.15, 0.2) is 24.3 Å². The van der Waals surface area contributed by atoms with E-state index in [-0.39, 0.29) is 31.3 Å². The molecule has 1 N–H and O–H groups in total. The third-order valence-electron chi connectivity index (χ3n) is 3.25. The van der Waals surface area contributed by atoms with E-state index in [9.17, 15) is 14.0 Å². The van der Waals surface area contributed by atoms with Gasteiger partial charge in [0.25, 0.3) is 0 Å². The van der Waals surface area contributed by atoms with Gasteiger partial charge in [-0.05, 0) is 43.0 Å². The fraction of sp³-hybridized carbons (Fsp3) is 0.467. The number of carbonyl (C=O) groups is 2. The number of benzene rings is 1. The molecule has 0 radical (unpaired) electrons. The third-order valence-corrected chi connectivity index (χ3v) is 3.25. The molecule has 1 fully saturated rings. The lowest BCUT2D eigenvalue weighted by Gasteiger charge is -2.20. The van der Waals surface area contributed by atoms with Crippen LogP contribution in [0.2, 0.25) is 0 Å². The summed E-state index contributed by atoms with van der Waals surface area (Å²) in [6.45, 7) is 0.374. The monoisotopic (exact) mass is 295 g/mol. The molecule has 0 saturated heterocycles. The molecule has 0 spiro atoms. The Labute approximate surface area is 122 Å². The van der Waals surface area contributed by atoms with Crippen LogP contribution >= 0.6 is 0 Å². The Hall–Kier alpha value is -2.11. The molecule has 6 heteroatoms. The molecular weight excluding hydrogens is 277 g/mol. The highest BCUT2D eigenvalue weighted by Gasteiger charge is 2.27. The summed E-state index contributed by atoms with van der Waals surface area (Å²) in [5, 5.41) is 8.83. The molecule has 0 aromatic heterocycles. The Balaban J connectivity index is 1.77. The number of carboxylic acids is 1. The van der Waals surface area contributed by atoms with Crippen molar-refractivity contribution in [3.05, 3.63) is 30.1 Å².